The van der Waals surface area contributed by atoms with Gasteiger partial charge in [0.2, 0.25) is 10.0 Å². The molecule has 1 heterocycles. The Bertz CT molecular complexity index is 623. The molecule has 0 aliphatic carbocycles. The quantitative estimate of drug-likeness (QED) is 0.857. The smallest absolute Gasteiger partial charge is 0.240 e. The van der Waals surface area contributed by atoms with Crippen LogP contribution < -0.4 is 4.72 Å². The minimum atomic E-state index is -3.86. The van der Waals surface area contributed by atoms with Gasteiger partial charge < -0.3 is 9.84 Å². The van der Waals surface area contributed by atoms with Crippen molar-refractivity contribution in [3.8, 4) is 0 Å². The van der Waals surface area contributed by atoms with Gasteiger partial charge in [-0.1, -0.05) is 11.6 Å². The molecule has 0 saturated carbocycles. The van der Waals surface area contributed by atoms with Crippen LogP contribution in [-0.2, 0) is 21.4 Å². The molecule has 118 valence electrons. The number of rotatable bonds is 5. The Morgan fingerprint density at radius 3 is 2.81 bits per heavy atom. The molecule has 2 atom stereocenters. The van der Waals surface area contributed by atoms with Crippen molar-refractivity contribution in [2.24, 2.45) is 5.92 Å². The fourth-order valence-corrected chi connectivity index (χ4v) is 3.56. The standard InChI is InChI=1S/C13H17ClFNO4S/c1-8-9(2-3-20-8)6-16-21(18,19)11-4-10(7-17)13(14)12(15)5-11/h4-5,8-9,16-17H,2-3,6-7H2,1H3. The Morgan fingerprint density at radius 1 is 1.52 bits per heavy atom. The minimum Gasteiger partial charge on any atom is -0.392 e. The molecule has 2 N–H and O–H groups in total. The number of halogens is 2. The summed E-state index contributed by atoms with van der Waals surface area (Å²) in [6, 6.07) is 2.01. The van der Waals surface area contributed by atoms with Crippen LogP contribution in [0.1, 0.15) is 18.9 Å². The van der Waals surface area contributed by atoms with Crippen molar-refractivity contribution in [3.63, 3.8) is 0 Å². The summed E-state index contributed by atoms with van der Waals surface area (Å²) in [5, 5.41) is 8.82. The zero-order chi connectivity index (χ0) is 15.6. The summed E-state index contributed by atoms with van der Waals surface area (Å²) in [5.74, 6) is -0.782. The number of ether oxygens (including phenoxy) is 1. The van der Waals surface area contributed by atoms with Gasteiger partial charge >= 0.3 is 0 Å². The van der Waals surface area contributed by atoms with Gasteiger partial charge in [0.05, 0.1) is 22.6 Å². The SMILES string of the molecule is CC1OCCC1CNS(=O)(=O)c1cc(F)c(Cl)c(CO)c1. The van der Waals surface area contributed by atoms with Gasteiger partial charge in [-0.05, 0) is 25.5 Å². The highest BCUT2D eigenvalue weighted by Gasteiger charge is 2.26. The maximum Gasteiger partial charge on any atom is 0.240 e. The van der Waals surface area contributed by atoms with Gasteiger partial charge in [0.25, 0.3) is 0 Å². The first-order chi connectivity index (χ1) is 9.85. The first-order valence-electron chi connectivity index (χ1n) is 6.55. The van der Waals surface area contributed by atoms with E-state index in [0.717, 1.165) is 12.5 Å². The third-order valence-electron chi connectivity index (χ3n) is 3.63. The van der Waals surface area contributed by atoms with E-state index in [2.05, 4.69) is 4.72 Å². The van der Waals surface area contributed by atoms with Gasteiger partial charge in [-0.25, -0.2) is 17.5 Å². The van der Waals surface area contributed by atoms with E-state index in [4.69, 9.17) is 21.4 Å². The number of hydrogen-bond acceptors (Lipinski definition) is 4. The van der Waals surface area contributed by atoms with Crippen LogP contribution in [0.15, 0.2) is 17.0 Å². The Hall–Kier alpha value is -0.730. The van der Waals surface area contributed by atoms with Crippen LogP contribution in [0.4, 0.5) is 4.39 Å². The van der Waals surface area contributed by atoms with E-state index in [0.29, 0.717) is 6.61 Å². The van der Waals surface area contributed by atoms with Gasteiger partial charge in [-0.2, -0.15) is 0 Å². The van der Waals surface area contributed by atoms with Gasteiger partial charge in [-0.15, -0.1) is 0 Å². The average molecular weight is 338 g/mol. The molecule has 1 aliphatic heterocycles. The normalized spacial score (nSPS) is 22.7. The summed E-state index contributed by atoms with van der Waals surface area (Å²) in [6.45, 7) is 2.18. The summed E-state index contributed by atoms with van der Waals surface area (Å²) in [6.07, 6.45) is 0.767. The van der Waals surface area contributed by atoms with E-state index in [1.54, 1.807) is 0 Å². The second-order valence-electron chi connectivity index (χ2n) is 5.01. The first kappa shape index (κ1) is 16.6. The molecule has 0 spiro atoms. The van der Waals surface area contributed by atoms with Crippen molar-refractivity contribution in [2.75, 3.05) is 13.2 Å². The third-order valence-corrected chi connectivity index (χ3v) is 5.45. The van der Waals surface area contributed by atoms with Gasteiger partial charge in [0, 0.05) is 24.6 Å². The summed E-state index contributed by atoms with van der Waals surface area (Å²) in [4.78, 5) is -0.250. The van der Waals surface area contributed by atoms with Gasteiger partial charge in [0.15, 0.2) is 0 Å². The fraction of sp³-hybridized carbons (Fsp3) is 0.538. The molecule has 21 heavy (non-hydrogen) atoms. The highest BCUT2D eigenvalue weighted by molar-refractivity contribution is 7.89. The van der Waals surface area contributed by atoms with Crippen molar-refractivity contribution < 1.29 is 22.7 Å². The molecule has 2 rings (SSSR count). The lowest BCUT2D eigenvalue weighted by molar-refractivity contribution is 0.107. The molecule has 5 nitrogen and oxygen atoms in total. The molecule has 1 fully saturated rings. The Labute approximate surface area is 128 Å². The molecule has 1 saturated heterocycles. The zero-order valence-electron chi connectivity index (χ0n) is 11.5. The van der Waals surface area contributed by atoms with E-state index in [1.807, 2.05) is 6.92 Å². The Morgan fingerprint density at radius 2 is 2.24 bits per heavy atom. The van der Waals surface area contributed by atoms with Crippen LogP contribution in [0.2, 0.25) is 5.02 Å². The van der Waals surface area contributed by atoms with Crippen LogP contribution in [0, 0.1) is 11.7 Å². The predicted octanol–water partition coefficient (Wildman–Crippen LogP) is 1.67. The molecular formula is C13H17ClFNO4S. The lowest BCUT2D eigenvalue weighted by Crippen LogP contribution is -2.32. The van der Waals surface area contributed by atoms with Crippen molar-refractivity contribution in [3.05, 3.63) is 28.5 Å². The second-order valence-corrected chi connectivity index (χ2v) is 7.16. The van der Waals surface area contributed by atoms with Crippen LogP contribution in [-0.4, -0.2) is 32.8 Å². The first-order valence-corrected chi connectivity index (χ1v) is 8.41. The molecular weight excluding hydrogens is 321 g/mol. The van der Waals surface area contributed by atoms with E-state index in [9.17, 15) is 12.8 Å². The van der Waals surface area contributed by atoms with E-state index < -0.39 is 22.4 Å². The third kappa shape index (κ3) is 3.73. The zero-order valence-corrected chi connectivity index (χ0v) is 13.0. The summed E-state index contributed by atoms with van der Waals surface area (Å²) in [5.41, 5.74) is 0.0367. The van der Waals surface area contributed by atoms with Gasteiger partial charge in [0.1, 0.15) is 5.82 Å². The number of aliphatic hydroxyl groups is 1. The van der Waals surface area contributed by atoms with Crippen LogP contribution >= 0.6 is 11.6 Å². The maximum absolute atomic E-state index is 13.6. The highest BCUT2D eigenvalue weighted by atomic mass is 35.5. The average Bonchev–Trinajstić information content (AvgIpc) is 2.85. The van der Waals surface area contributed by atoms with E-state index >= 15 is 0 Å². The largest absolute Gasteiger partial charge is 0.392 e. The predicted molar refractivity (Wildman–Crippen MR) is 76.0 cm³/mol. The van der Waals surface area contributed by atoms with Crippen molar-refractivity contribution >= 4 is 21.6 Å². The molecule has 1 aliphatic rings. The lowest BCUT2D eigenvalue weighted by atomic mass is 10.0. The van der Waals surface area contributed by atoms with Gasteiger partial charge in [-0.3, -0.25) is 0 Å². The van der Waals surface area contributed by atoms with Crippen molar-refractivity contribution in [2.45, 2.75) is 31.0 Å². The van der Waals surface area contributed by atoms with Crippen LogP contribution in [0.3, 0.4) is 0 Å². The number of sulfonamides is 1. The van der Waals surface area contributed by atoms with Crippen molar-refractivity contribution in [1.82, 2.24) is 4.72 Å². The highest BCUT2D eigenvalue weighted by Crippen LogP contribution is 2.25. The Balaban J connectivity index is 2.17. The molecule has 0 radical (unpaired) electrons. The monoisotopic (exact) mass is 337 g/mol. The molecule has 2 unspecified atom stereocenters. The summed E-state index contributed by atoms with van der Waals surface area (Å²) >= 11 is 5.65. The molecule has 0 amide bonds. The number of nitrogens with one attached hydrogen (secondary N) is 1. The number of benzene rings is 1. The molecule has 0 aromatic heterocycles. The number of hydrogen-bond donors (Lipinski definition) is 2. The molecule has 1 aromatic rings. The van der Waals surface area contributed by atoms with E-state index in [-0.39, 0.29) is 34.0 Å². The molecule has 8 heteroatoms. The Kier molecular flexibility index (Phi) is 5.21. The van der Waals surface area contributed by atoms with Crippen LogP contribution in [0.5, 0.6) is 0 Å². The lowest BCUT2D eigenvalue weighted by Gasteiger charge is -2.15. The maximum atomic E-state index is 13.6. The summed E-state index contributed by atoms with van der Waals surface area (Å²) < 4.78 is 45.8. The molecule has 1 aromatic carbocycles. The van der Waals surface area contributed by atoms with Crippen molar-refractivity contribution in [1.29, 1.82) is 0 Å². The second kappa shape index (κ2) is 6.58. The molecule has 0 bridgehead atoms. The minimum absolute atomic E-state index is 0.0114. The van der Waals surface area contributed by atoms with E-state index in [1.165, 1.54) is 6.07 Å². The summed E-state index contributed by atoms with van der Waals surface area (Å²) in [7, 11) is -3.86. The topological polar surface area (TPSA) is 75.6 Å². The fourth-order valence-electron chi connectivity index (χ4n) is 2.23. The van der Waals surface area contributed by atoms with Crippen LogP contribution in [0.25, 0.3) is 0 Å². The number of aliphatic hydroxyl groups excluding tert-OH is 1.